The molecule has 1 aliphatic rings. The van der Waals surface area contributed by atoms with Crippen LogP contribution in [0, 0.1) is 11.8 Å². The van der Waals surface area contributed by atoms with Gasteiger partial charge in [-0.2, -0.15) is 0 Å². The number of amides is 2. The van der Waals surface area contributed by atoms with Crippen molar-refractivity contribution in [2.75, 3.05) is 19.6 Å². The van der Waals surface area contributed by atoms with Crippen LogP contribution in [0.25, 0.3) is 10.9 Å². The van der Waals surface area contributed by atoms with Gasteiger partial charge in [-0.15, -0.1) is 0 Å². The van der Waals surface area contributed by atoms with E-state index in [0.717, 1.165) is 16.6 Å². The number of rotatable bonds is 9. The molecule has 3 aromatic rings. The molecule has 2 heterocycles. The maximum atomic E-state index is 13.4. The van der Waals surface area contributed by atoms with Crippen LogP contribution in [-0.4, -0.2) is 45.5 Å². The second-order valence-corrected chi connectivity index (χ2v) is 10.9. The highest BCUT2D eigenvalue weighted by atomic mass is 35.5. The zero-order valence-electron chi connectivity index (χ0n) is 22.0. The third-order valence-corrected chi connectivity index (χ3v) is 7.33. The van der Waals surface area contributed by atoms with Gasteiger partial charge in [0.05, 0.1) is 10.9 Å². The standard InChI is InChI=1S/C29H35ClN4O4/c1-20-16-21(2)18-32(17-20)27(36)19-34-25-7-4-3-6-24(25)28(37)33(29(34)38)15-5-8-26(35)31-14-13-22-9-11-23(30)12-10-22/h3-4,6-7,9-12,20-21H,5,8,13-19H2,1-2H3,(H,31,35). The first-order valence-electron chi connectivity index (χ1n) is 13.2. The van der Waals surface area contributed by atoms with Crippen molar-refractivity contribution < 1.29 is 9.59 Å². The van der Waals surface area contributed by atoms with Crippen molar-refractivity contribution in [3.63, 3.8) is 0 Å². The van der Waals surface area contributed by atoms with Crippen molar-refractivity contribution in [3.8, 4) is 0 Å². The minimum Gasteiger partial charge on any atom is -0.356 e. The van der Waals surface area contributed by atoms with Gasteiger partial charge in [-0.1, -0.05) is 49.7 Å². The first kappa shape index (κ1) is 27.6. The predicted octanol–water partition coefficient (Wildman–Crippen LogP) is 3.46. The fourth-order valence-electron chi connectivity index (χ4n) is 5.31. The van der Waals surface area contributed by atoms with Crippen LogP contribution < -0.4 is 16.6 Å². The van der Waals surface area contributed by atoms with Crippen LogP contribution in [0.3, 0.4) is 0 Å². The summed E-state index contributed by atoms with van der Waals surface area (Å²) >= 11 is 5.90. The van der Waals surface area contributed by atoms with E-state index in [-0.39, 0.29) is 31.3 Å². The molecular weight excluding hydrogens is 504 g/mol. The molecule has 1 saturated heterocycles. The molecule has 2 unspecified atom stereocenters. The Kier molecular flexibility index (Phi) is 9.05. The average molecular weight is 539 g/mol. The van der Waals surface area contributed by atoms with E-state index in [1.165, 1.54) is 4.57 Å². The summed E-state index contributed by atoms with van der Waals surface area (Å²) in [6, 6.07) is 14.3. The van der Waals surface area contributed by atoms with Gasteiger partial charge in [0.15, 0.2) is 0 Å². The second-order valence-electron chi connectivity index (χ2n) is 10.4. The van der Waals surface area contributed by atoms with Gasteiger partial charge < -0.3 is 10.2 Å². The zero-order valence-corrected chi connectivity index (χ0v) is 22.7. The highest BCUT2D eigenvalue weighted by Crippen LogP contribution is 2.21. The van der Waals surface area contributed by atoms with Crippen LogP contribution >= 0.6 is 11.6 Å². The van der Waals surface area contributed by atoms with Crippen LogP contribution in [0.15, 0.2) is 58.1 Å². The van der Waals surface area contributed by atoms with Crippen LogP contribution in [0.2, 0.25) is 5.02 Å². The number of carbonyl (C=O) groups excluding carboxylic acids is 2. The lowest BCUT2D eigenvalue weighted by Gasteiger charge is -2.35. The monoisotopic (exact) mass is 538 g/mol. The number of aromatic nitrogens is 2. The van der Waals surface area contributed by atoms with Crippen LogP contribution in [0.1, 0.15) is 38.7 Å². The van der Waals surface area contributed by atoms with Crippen LogP contribution in [0.5, 0.6) is 0 Å². The maximum Gasteiger partial charge on any atom is 0.331 e. The van der Waals surface area contributed by atoms with Crippen molar-refractivity contribution in [3.05, 3.63) is 80.0 Å². The number of hydrogen-bond donors (Lipinski definition) is 1. The first-order chi connectivity index (χ1) is 18.2. The smallest absolute Gasteiger partial charge is 0.331 e. The summed E-state index contributed by atoms with van der Waals surface area (Å²) in [6.07, 6.45) is 2.27. The molecule has 0 aliphatic carbocycles. The lowest BCUT2D eigenvalue weighted by atomic mass is 9.92. The fraction of sp³-hybridized carbons (Fsp3) is 0.448. The highest BCUT2D eigenvalue weighted by molar-refractivity contribution is 6.30. The summed E-state index contributed by atoms with van der Waals surface area (Å²) in [5, 5.41) is 3.93. The van der Waals surface area contributed by atoms with E-state index in [1.807, 2.05) is 29.2 Å². The molecule has 1 aromatic heterocycles. The van der Waals surface area contributed by atoms with E-state index in [9.17, 15) is 19.2 Å². The molecule has 1 fully saturated rings. The van der Waals surface area contributed by atoms with Gasteiger partial charge in [-0.05, 0) is 60.9 Å². The molecular formula is C29H35ClN4O4. The molecule has 38 heavy (non-hydrogen) atoms. The number of benzene rings is 2. The Balaban J connectivity index is 1.43. The number of halogens is 1. The molecule has 2 atom stereocenters. The number of nitrogens with one attached hydrogen (secondary N) is 1. The number of nitrogens with zero attached hydrogens (tertiary/aromatic N) is 3. The Labute approximate surface area is 227 Å². The van der Waals surface area contributed by atoms with Crippen LogP contribution in [-0.2, 0) is 29.1 Å². The summed E-state index contributed by atoms with van der Waals surface area (Å²) in [7, 11) is 0. The Hall–Kier alpha value is -3.39. The summed E-state index contributed by atoms with van der Waals surface area (Å²) in [5.74, 6) is 0.544. The topological polar surface area (TPSA) is 93.4 Å². The van der Waals surface area contributed by atoms with Crippen molar-refractivity contribution in [1.29, 1.82) is 0 Å². The quantitative estimate of drug-likeness (QED) is 0.451. The molecule has 0 bridgehead atoms. The first-order valence-corrected chi connectivity index (χ1v) is 13.6. The maximum absolute atomic E-state index is 13.4. The van der Waals surface area contributed by atoms with Gasteiger partial charge in [0.1, 0.15) is 6.54 Å². The van der Waals surface area contributed by atoms with Gasteiger partial charge >= 0.3 is 5.69 Å². The van der Waals surface area contributed by atoms with E-state index in [4.69, 9.17) is 11.6 Å². The average Bonchev–Trinajstić information content (AvgIpc) is 2.89. The Morgan fingerprint density at radius 2 is 1.66 bits per heavy atom. The number of hydrogen-bond acceptors (Lipinski definition) is 4. The van der Waals surface area contributed by atoms with Gasteiger partial charge in [0, 0.05) is 37.6 Å². The number of fused-ring (bicyclic) bond motifs is 1. The molecule has 202 valence electrons. The van der Waals surface area contributed by atoms with Gasteiger partial charge in [-0.25, -0.2) is 4.79 Å². The van der Waals surface area contributed by atoms with Gasteiger partial charge in [0.2, 0.25) is 11.8 Å². The minimum atomic E-state index is -0.525. The number of likely N-dealkylation sites (tertiary alicyclic amines) is 1. The number of piperidine rings is 1. The summed E-state index contributed by atoms with van der Waals surface area (Å²) in [4.78, 5) is 53.9. The Morgan fingerprint density at radius 1 is 0.974 bits per heavy atom. The van der Waals surface area contributed by atoms with E-state index in [1.54, 1.807) is 24.3 Å². The van der Waals surface area contributed by atoms with E-state index in [2.05, 4.69) is 19.2 Å². The largest absolute Gasteiger partial charge is 0.356 e. The minimum absolute atomic E-state index is 0.0963. The molecule has 9 heteroatoms. The zero-order chi connectivity index (χ0) is 27.2. The molecule has 2 aromatic carbocycles. The van der Waals surface area contributed by atoms with E-state index in [0.29, 0.717) is 60.2 Å². The summed E-state index contributed by atoms with van der Waals surface area (Å²) in [6.45, 7) is 6.06. The lowest BCUT2D eigenvalue weighted by Crippen LogP contribution is -2.47. The van der Waals surface area contributed by atoms with Crippen molar-refractivity contribution in [2.45, 2.75) is 52.6 Å². The lowest BCUT2D eigenvalue weighted by molar-refractivity contribution is -0.134. The molecule has 8 nitrogen and oxygen atoms in total. The summed E-state index contributed by atoms with van der Waals surface area (Å²) in [5.41, 5.74) is 0.590. The normalized spacial score (nSPS) is 17.5. The molecule has 1 aliphatic heterocycles. The Morgan fingerprint density at radius 3 is 2.37 bits per heavy atom. The number of para-hydroxylation sites is 1. The molecule has 0 spiro atoms. The molecule has 0 radical (unpaired) electrons. The third-order valence-electron chi connectivity index (χ3n) is 7.08. The van der Waals surface area contributed by atoms with E-state index >= 15 is 0 Å². The van der Waals surface area contributed by atoms with Crippen LogP contribution in [0.4, 0.5) is 0 Å². The highest BCUT2D eigenvalue weighted by Gasteiger charge is 2.26. The number of carbonyl (C=O) groups is 2. The van der Waals surface area contributed by atoms with E-state index < -0.39 is 11.2 Å². The predicted molar refractivity (Wildman–Crippen MR) is 149 cm³/mol. The van der Waals surface area contributed by atoms with Gasteiger partial charge in [0.25, 0.3) is 5.56 Å². The molecule has 0 saturated carbocycles. The fourth-order valence-corrected chi connectivity index (χ4v) is 5.43. The van der Waals surface area contributed by atoms with Crippen molar-refractivity contribution >= 4 is 34.3 Å². The Bertz CT molecular complexity index is 1400. The molecule has 1 N–H and O–H groups in total. The van der Waals surface area contributed by atoms with Gasteiger partial charge in [-0.3, -0.25) is 23.5 Å². The third kappa shape index (κ3) is 6.72. The second kappa shape index (κ2) is 12.4. The van der Waals surface area contributed by atoms with Crippen molar-refractivity contribution in [1.82, 2.24) is 19.4 Å². The molecule has 4 rings (SSSR count). The summed E-state index contributed by atoms with van der Waals surface area (Å²) < 4.78 is 2.55. The van der Waals surface area contributed by atoms with Crippen molar-refractivity contribution in [2.24, 2.45) is 11.8 Å². The SMILES string of the molecule is CC1CC(C)CN(C(=O)Cn2c(=O)n(CCCC(=O)NCCc3ccc(Cl)cc3)c(=O)c3ccccc32)C1. The molecule has 2 amide bonds.